The van der Waals surface area contributed by atoms with Gasteiger partial charge in [0.05, 0.1) is 0 Å². The van der Waals surface area contributed by atoms with E-state index in [9.17, 15) is 0 Å². The summed E-state index contributed by atoms with van der Waals surface area (Å²) in [4.78, 5) is 0. The largest absolute Gasteiger partial charge is 0.490 e. The molecule has 116 valence electrons. The first-order valence-electron chi connectivity index (χ1n) is 8.00. The number of para-hydroxylation sites is 1. The van der Waals surface area contributed by atoms with Crippen molar-refractivity contribution in [3.8, 4) is 11.5 Å². The van der Waals surface area contributed by atoms with Gasteiger partial charge in [-0.05, 0) is 55.1 Å². The second-order valence-corrected chi connectivity index (χ2v) is 5.73. The Morgan fingerprint density at radius 2 is 1.45 bits per heavy atom. The Morgan fingerprint density at radius 1 is 0.818 bits per heavy atom. The van der Waals surface area contributed by atoms with Crippen LogP contribution in [0.25, 0.3) is 0 Å². The average molecular weight is 297 g/mol. The lowest BCUT2D eigenvalue weighted by Crippen LogP contribution is -2.16. The number of ether oxygens (including phenoxy) is 2. The molecule has 3 nitrogen and oxygen atoms in total. The molecule has 2 aromatic rings. The van der Waals surface area contributed by atoms with Crippen LogP contribution in [0.1, 0.15) is 18.4 Å². The molecule has 0 amide bonds. The Labute approximate surface area is 132 Å². The van der Waals surface area contributed by atoms with Crippen LogP contribution in [0.15, 0.2) is 54.6 Å². The Balaban J connectivity index is 1.33. The fourth-order valence-electron chi connectivity index (χ4n) is 2.28. The molecule has 0 aliphatic heterocycles. The van der Waals surface area contributed by atoms with Gasteiger partial charge in [0.2, 0.25) is 0 Å². The second kappa shape index (κ2) is 7.85. The van der Waals surface area contributed by atoms with Crippen molar-refractivity contribution in [1.29, 1.82) is 0 Å². The summed E-state index contributed by atoms with van der Waals surface area (Å²) in [5.41, 5.74) is 1.30. The highest BCUT2D eigenvalue weighted by Gasteiger charge is 2.19. The Kier molecular flexibility index (Phi) is 5.32. The molecule has 1 aliphatic carbocycles. The quantitative estimate of drug-likeness (QED) is 0.717. The fraction of sp³-hybridized carbons (Fsp3) is 0.368. The van der Waals surface area contributed by atoms with Crippen LogP contribution < -0.4 is 14.8 Å². The van der Waals surface area contributed by atoms with E-state index < -0.39 is 0 Å². The highest BCUT2D eigenvalue weighted by Crippen LogP contribution is 2.27. The van der Waals surface area contributed by atoms with Gasteiger partial charge in [0.25, 0.3) is 0 Å². The topological polar surface area (TPSA) is 30.5 Å². The monoisotopic (exact) mass is 297 g/mol. The molecule has 0 aromatic heterocycles. The van der Waals surface area contributed by atoms with Gasteiger partial charge in [0.1, 0.15) is 24.7 Å². The Morgan fingerprint density at radius 3 is 2.09 bits per heavy atom. The van der Waals surface area contributed by atoms with E-state index in [1.54, 1.807) is 0 Å². The molecule has 0 saturated heterocycles. The van der Waals surface area contributed by atoms with Crippen LogP contribution >= 0.6 is 0 Å². The molecule has 2 aromatic carbocycles. The Bertz CT molecular complexity index is 549. The lowest BCUT2D eigenvalue weighted by atomic mass is 10.2. The van der Waals surface area contributed by atoms with Gasteiger partial charge in [-0.15, -0.1) is 0 Å². The minimum Gasteiger partial charge on any atom is -0.490 e. The summed E-state index contributed by atoms with van der Waals surface area (Å²) in [6, 6.07) is 18.1. The van der Waals surface area contributed by atoms with Crippen molar-refractivity contribution in [2.24, 2.45) is 5.92 Å². The molecular formula is C19H23NO2. The summed E-state index contributed by atoms with van der Waals surface area (Å²) in [5, 5.41) is 3.49. The molecule has 1 aliphatic rings. The zero-order chi connectivity index (χ0) is 15.0. The van der Waals surface area contributed by atoms with E-state index in [0.717, 1.165) is 30.5 Å². The average Bonchev–Trinajstić information content (AvgIpc) is 3.38. The van der Waals surface area contributed by atoms with E-state index in [0.29, 0.717) is 13.2 Å². The molecule has 22 heavy (non-hydrogen) atoms. The molecule has 3 rings (SSSR count). The highest BCUT2D eigenvalue weighted by atomic mass is 16.5. The van der Waals surface area contributed by atoms with Crippen LogP contribution in [-0.4, -0.2) is 19.8 Å². The third kappa shape index (κ3) is 5.08. The smallest absolute Gasteiger partial charge is 0.122 e. The molecule has 1 fully saturated rings. The first kappa shape index (κ1) is 14.9. The second-order valence-electron chi connectivity index (χ2n) is 5.73. The van der Waals surface area contributed by atoms with E-state index in [4.69, 9.17) is 9.47 Å². The third-order valence-corrected chi connectivity index (χ3v) is 3.75. The van der Waals surface area contributed by atoms with Crippen LogP contribution in [0, 0.1) is 5.92 Å². The van der Waals surface area contributed by atoms with Gasteiger partial charge >= 0.3 is 0 Å². The van der Waals surface area contributed by atoms with Crippen LogP contribution in [-0.2, 0) is 6.54 Å². The van der Waals surface area contributed by atoms with Crippen LogP contribution in [0.5, 0.6) is 11.5 Å². The van der Waals surface area contributed by atoms with Gasteiger partial charge in [0, 0.05) is 6.54 Å². The zero-order valence-electron chi connectivity index (χ0n) is 12.8. The van der Waals surface area contributed by atoms with Crippen molar-refractivity contribution in [2.75, 3.05) is 19.8 Å². The highest BCUT2D eigenvalue weighted by molar-refractivity contribution is 5.27. The minimum atomic E-state index is 0.550. The van der Waals surface area contributed by atoms with Crippen molar-refractivity contribution < 1.29 is 9.47 Å². The summed E-state index contributed by atoms with van der Waals surface area (Å²) < 4.78 is 11.3. The first-order valence-corrected chi connectivity index (χ1v) is 8.00. The summed E-state index contributed by atoms with van der Waals surface area (Å²) in [6.07, 6.45) is 2.79. The number of hydrogen-bond donors (Lipinski definition) is 1. The molecule has 0 spiro atoms. The zero-order valence-corrected chi connectivity index (χ0v) is 12.8. The van der Waals surface area contributed by atoms with E-state index in [1.807, 2.05) is 42.5 Å². The lowest BCUT2D eigenvalue weighted by molar-refractivity contribution is 0.217. The molecule has 0 radical (unpaired) electrons. The normalized spacial score (nSPS) is 13.8. The van der Waals surface area contributed by atoms with E-state index in [1.165, 1.54) is 18.4 Å². The molecule has 0 heterocycles. The number of benzene rings is 2. The maximum atomic E-state index is 5.69. The van der Waals surface area contributed by atoms with Crippen molar-refractivity contribution in [3.05, 3.63) is 60.2 Å². The number of rotatable bonds is 9. The molecule has 0 unspecified atom stereocenters. The lowest BCUT2D eigenvalue weighted by Gasteiger charge is -2.09. The van der Waals surface area contributed by atoms with Gasteiger partial charge in [-0.3, -0.25) is 0 Å². The Hall–Kier alpha value is -2.00. The number of nitrogens with one attached hydrogen (secondary N) is 1. The van der Waals surface area contributed by atoms with E-state index in [-0.39, 0.29) is 0 Å². The van der Waals surface area contributed by atoms with E-state index in [2.05, 4.69) is 17.4 Å². The van der Waals surface area contributed by atoms with Crippen molar-refractivity contribution >= 4 is 0 Å². The summed E-state index contributed by atoms with van der Waals surface area (Å²) >= 11 is 0. The molecule has 1 N–H and O–H groups in total. The maximum absolute atomic E-state index is 5.69. The molecule has 0 bridgehead atoms. The van der Waals surface area contributed by atoms with Gasteiger partial charge in [-0.25, -0.2) is 0 Å². The molecule has 0 atom stereocenters. The van der Waals surface area contributed by atoms with Crippen molar-refractivity contribution in [3.63, 3.8) is 0 Å². The van der Waals surface area contributed by atoms with Gasteiger partial charge in [-0.1, -0.05) is 30.3 Å². The fourth-order valence-corrected chi connectivity index (χ4v) is 2.28. The standard InChI is InChI=1S/C19H23NO2/c1-2-4-18(5-3-1)21-12-13-22-19-10-8-17(9-11-19)15-20-14-16-6-7-16/h1-5,8-11,16,20H,6-7,12-15H2. The van der Waals surface area contributed by atoms with E-state index >= 15 is 0 Å². The van der Waals surface area contributed by atoms with Crippen LogP contribution in [0.4, 0.5) is 0 Å². The summed E-state index contributed by atoms with van der Waals surface area (Å²) in [5.74, 6) is 2.69. The van der Waals surface area contributed by atoms with Gasteiger partial charge < -0.3 is 14.8 Å². The summed E-state index contributed by atoms with van der Waals surface area (Å²) in [6.45, 7) is 3.19. The van der Waals surface area contributed by atoms with Gasteiger partial charge in [-0.2, -0.15) is 0 Å². The SMILES string of the molecule is c1ccc(OCCOc2ccc(CNCC3CC3)cc2)cc1. The van der Waals surface area contributed by atoms with Crippen LogP contribution in [0.2, 0.25) is 0 Å². The predicted octanol–water partition coefficient (Wildman–Crippen LogP) is 3.64. The predicted molar refractivity (Wildman–Crippen MR) is 88.3 cm³/mol. The van der Waals surface area contributed by atoms with Crippen LogP contribution in [0.3, 0.4) is 0 Å². The number of hydrogen-bond acceptors (Lipinski definition) is 3. The first-order chi connectivity index (χ1) is 10.9. The minimum absolute atomic E-state index is 0.550. The molecule has 1 saturated carbocycles. The third-order valence-electron chi connectivity index (χ3n) is 3.75. The van der Waals surface area contributed by atoms with Crippen molar-refractivity contribution in [1.82, 2.24) is 5.32 Å². The van der Waals surface area contributed by atoms with Crippen molar-refractivity contribution in [2.45, 2.75) is 19.4 Å². The molecule has 3 heteroatoms. The summed E-state index contributed by atoms with van der Waals surface area (Å²) in [7, 11) is 0. The molecular weight excluding hydrogens is 274 g/mol. The van der Waals surface area contributed by atoms with Gasteiger partial charge in [0.15, 0.2) is 0 Å². The maximum Gasteiger partial charge on any atom is 0.122 e.